The van der Waals surface area contributed by atoms with Crippen molar-refractivity contribution in [1.82, 2.24) is 19.4 Å². The number of piperazine rings is 1. The third kappa shape index (κ3) is 7.10. The number of hydrogen-bond donors (Lipinski definition) is 5. The molecule has 1 unspecified atom stereocenters. The summed E-state index contributed by atoms with van der Waals surface area (Å²) in [7, 11) is 0. The van der Waals surface area contributed by atoms with Crippen LogP contribution < -0.4 is 20.9 Å². The van der Waals surface area contributed by atoms with Crippen molar-refractivity contribution in [3.05, 3.63) is 110 Å². The summed E-state index contributed by atoms with van der Waals surface area (Å²) in [5.74, 6) is -1.29. The van der Waals surface area contributed by atoms with E-state index in [1.54, 1.807) is 52.8 Å². The van der Waals surface area contributed by atoms with Gasteiger partial charge in [0.15, 0.2) is 5.60 Å². The third-order valence-corrected chi connectivity index (χ3v) is 12.0. The molecule has 3 aliphatic rings. The molecule has 5 heterocycles. The van der Waals surface area contributed by atoms with Gasteiger partial charge >= 0.3 is 18.1 Å². The molecular weight excluding hydrogens is 783 g/mol. The van der Waals surface area contributed by atoms with Gasteiger partial charge in [0, 0.05) is 55.3 Å². The molecule has 0 saturated carbocycles. The SMILES string of the molecule is CCc1c2c(nc3ccc(OC(=O)N4CCN(Cc5ccc(N(C(=N)c6cc(C(C)C)c(O)cc6O)C(N)=O)cc5)CC4)cc13)-c1cc3c(c(=O)n1C2)COC(=O)C3(O)CC. The van der Waals surface area contributed by atoms with Crippen LogP contribution >= 0.6 is 0 Å². The molecule has 1 atom stereocenters. The number of rotatable bonds is 8. The highest BCUT2D eigenvalue weighted by atomic mass is 16.6. The quantitative estimate of drug-likeness (QED) is 0.0742. The second kappa shape index (κ2) is 15.7. The van der Waals surface area contributed by atoms with Crippen LogP contribution in [-0.4, -0.2) is 84.8 Å². The number of aliphatic hydroxyl groups is 1. The summed E-state index contributed by atoms with van der Waals surface area (Å²) in [6.07, 6.45) is 0.191. The summed E-state index contributed by atoms with van der Waals surface area (Å²) in [6, 6.07) is 15.7. The number of phenols is 2. The van der Waals surface area contributed by atoms with E-state index in [0.717, 1.165) is 33.0 Å². The fourth-order valence-electron chi connectivity index (χ4n) is 8.60. The Morgan fingerprint density at radius 1 is 0.984 bits per heavy atom. The van der Waals surface area contributed by atoms with E-state index in [9.17, 15) is 34.5 Å². The molecule has 1 saturated heterocycles. The molecule has 3 aliphatic heterocycles. The minimum atomic E-state index is -1.92. The maximum absolute atomic E-state index is 13.7. The Labute approximate surface area is 350 Å². The number of nitrogens with one attached hydrogen (secondary N) is 1. The molecule has 5 aromatic rings. The molecule has 0 aliphatic carbocycles. The first-order valence-electron chi connectivity index (χ1n) is 20.3. The summed E-state index contributed by atoms with van der Waals surface area (Å²) in [5, 5.41) is 41.6. The standard InChI is InChI=1S/C45H47N7O9/c1-5-28-30-17-27(11-12-35(30)48-39-32(28)22-51-36(39)19-34-33(41(51)55)23-60-42(56)45(34,59)6-2)61-44(58)50-15-13-49(14-16-50)21-25-7-9-26(10-8-25)52(43(47)57)40(46)31-18-29(24(3)4)37(53)20-38(31)54/h7-12,17-20,24,46,53-54,59H,5-6,13-16,21-23H2,1-4H3,(H2,47,57). The Morgan fingerprint density at radius 3 is 2.36 bits per heavy atom. The number of benzene rings is 3. The Kier molecular flexibility index (Phi) is 10.5. The van der Waals surface area contributed by atoms with Gasteiger partial charge in [0.25, 0.3) is 5.56 Å². The number of anilines is 1. The van der Waals surface area contributed by atoms with Gasteiger partial charge in [0.1, 0.15) is 29.7 Å². The number of ether oxygens (including phenoxy) is 2. The number of cyclic esters (lactones) is 1. The molecule has 0 spiro atoms. The van der Waals surface area contributed by atoms with E-state index in [1.807, 2.05) is 32.9 Å². The predicted octanol–water partition coefficient (Wildman–Crippen LogP) is 5.40. The molecule has 16 heteroatoms. The molecular formula is C45H47N7O9. The number of amidine groups is 1. The van der Waals surface area contributed by atoms with Crippen LogP contribution in [0.4, 0.5) is 15.3 Å². The maximum Gasteiger partial charge on any atom is 0.415 e. The van der Waals surface area contributed by atoms with Gasteiger partial charge in [-0.2, -0.15) is 0 Å². The topological polar surface area (TPSA) is 225 Å². The second-order valence-corrected chi connectivity index (χ2v) is 16.0. The summed E-state index contributed by atoms with van der Waals surface area (Å²) >= 11 is 0. The number of urea groups is 1. The number of aryl methyl sites for hydroxylation is 1. The van der Waals surface area contributed by atoms with Crippen LogP contribution in [0.3, 0.4) is 0 Å². The lowest BCUT2D eigenvalue weighted by atomic mass is 9.86. The normalized spacial score (nSPS) is 17.1. The van der Waals surface area contributed by atoms with Crippen LogP contribution in [-0.2, 0) is 41.2 Å². The minimum absolute atomic E-state index is 0.0540. The number of amides is 3. The van der Waals surface area contributed by atoms with Crippen LogP contribution in [0, 0.1) is 5.41 Å². The van der Waals surface area contributed by atoms with E-state index in [2.05, 4.69) is 4.90 Å². The average Bonchev–Trinajstić information content (AvgIpc) is 3.60. The molecule has 61 heavy (non-hydrogen) atoms. The number of hydrogen-bond acceptors (Lipinski definition) is 12. The molecule has 2 aromatic heterocycles. The largest absolute Gasteiger partial charge is 0.508 e. The number of esters is 1. The predicted molar refractivity (Wildman–Crippen MR) is 226 cm³/mol. The fourth-order valence-corrected chi connectivity index (χ4v) is 8.60. The number of nitrogens with two attached hydrogens (primary N) is 1. The van der Waals surface area contributed by atoms with Crippen LogP contribution in [0.1, 0.15) is 79.0 Å². The Hall–Kier alpha value is -6.78. The first-order chi connectivity index (χ1) is 29.1. The van der Waals surface area contributed by atoms with Gasteiger partial charge in [-0.15, -0.1) is 0 Å². The molecule has 1 fully saturated rings. The van der Waals surface area contributed by atoms with E-state index in [-0.39, 0.29) is 65.1 Å². The van der Waals surface area contributed by atoms with Crippen molar-refractivity contribution in [2.24, 2.45) is 5.73 Å². The number of aromatic hydroxyl groups is 2. The summed E-state index contributed by atoms with van der Waals surface area (Å²) in [5.41, 5.74) is 9.43. The zero-order chi connectivity index (χ0) is 43.5. The molecule has 316 valence electrons. The van der Waals surface area contributed by atoms with Crippen LogP contribution in [0.2, 0.25) is 0 Å². The zero-order valence-electron chi connectivity index (χ0n) is 34.3. The number of carbonyl (C=O) groups excluding carboxylic acids is 3. The lowest BCUT2D eigenvalue weighted by Crippen LogP contribution is -2.49. The van der Waals surface area contributed by atoms with Crippen molar-refractivity contribution in [3.63, 3.8) is 0 Å². The van der Waals surface area contributed by atoms with E-state index in [1.165, 1.54) is 6.07 Å². The number of carbonyl (C=O) groups is 3. The van der Waals surface area contributed by atoms with Gasteiger partial charge in [0.05, 0.1) is 40.3 Å². The van der Waals surface area contributed by atoms with Crippen LogP contribution in [0.25, 0.3) is 22.3 Å². The number of primary amides is 1. The zero-order valence-corrected chi connectivity index (χ0v) is 34.3. The van der Waals surface area contributed by atoms with Crippen molar-refractivity contribution in [2.45, 2.75) is 71.8 Å². The maximum atomic E-state index is 13.7. The summed E-state index contributed by atoms with van der Waals surface area (Å²) in [6.45, 7) is 10.1. The minimum Gasteiger partial charge on any atom is -0.508 e. The monoisotopic (exact) mass is 829 g/mol. The Balaban J connectivity index is 0.924. The van der Waals surface area contributed by atoms with Gasteiger partial charge in [-0.1, -0.05) is 39.8 Å². The van der Waals surface area contributed by atoms with Crippen molar-refractivity contribution in [1.29, 1.82) is 5.41 Å². The molecule has 3 aromatic carbocycles. The molecule has 0 radical (unpaired) electrons. The highest BCUT2D eigenvalue weighted by Gasteiger charge is 2.45. The van der Waals surface area contributed by atoms with E-state index in [4.69, 9.17) is 25.6 Å². The lowest BCUT2D eigenvalue weighted by Gasteiger charge is -2.34. The first-order valence-corrected chi connectivity index (χ1v) is 20.3. The average molecular weight is 830 g/mol. The Bertz CT molecular complexity index is 2700. The van der Waals surface area contributed by atoms with Gasteiger partial charge in [-0.25, -0.2) is 24.3 Å². The van der Waals surface area contributed by atoms with Gasteiger partial charge < -0.3 is 40.0 Å². The highest BCUT2D eigenvalue weighted by Crippen LogP contribution is 2.41. The first kappa shape index (κ1) is 41.0. The van der Waals surface area contributed by atoms with Crippen molar-refractivity contribution >= 4 is 40.5 Å². The summed E-state index contributed by atoms with van der Waals surface area (Å²) < 4.78 is 12.7. The molecule has 8 rings (SSSR count). The fraction of sp³-hybridized carbons (Fsp3) is 0.333. The highest BCUT2D eigenvalue weighted by molar-refractivity contribution is 6.22. The molecule has 3 amide bonds. The van der Waals surface area contributed by atoms with Gasteiger partial charge in [-0.05, 0) is 77.9 Å². The van der Waals surface area contributed by atoms with E-state index in [0.29, 0.717) is 73.0 Å². The Morgan fingerprint density at radius 2 is 1.70 bits per heavy atom. The van der Waals surface area contributed by atoms with Crippen LogP contribution in [0.15, 0.2) is 65.5 Å². The second-order valence-electron chi connectivity index (χ2n) is 16.0. The van der Waals surface area contributed by atoms with Crippen LogP contribution in [0.5, 0.6) is 17.2 Å². The number of fused-ring (bicyclic) bond motifs is 5. The molecule has 16 nitrogen and oxygen atoms in total. The van der Waals surface area contributed by atoms with Crippen molar-refractivity contribution < 1.29 is 39.2 Å². The molecule has 0 bridgehead atoms. The number of pyridine rings is 2. The third-order valence-electron chi connectivity index (χ3n) is 12.0. The number of aromatic nitrogens is 2. The van der Waals surface area contributed by atoms with Crippen molar-refractivity contribution in [3.8, 4) is 28.6 Å². The number of phenolic OH excluding ortho intramolecular Hbond substituents is 2. The van der Waals surface area contributed by atoms with E-state index < -0.39 is 23.7 Å². The van der Waals surface area contributed by atoms with Gasteiger partial charge in [0.2, 0.25) is 0 Å². The number of nitrogens with zero attached hydrogens (tertiary/aromatic N) is 5. The molecule has 6 N–H and O–H groups in total. The van der Waals surface area contributed by atoms with Gasteiger partial charge in [-0.3, -0.25) is 15.1 Å². The summed E-state index contributed by atoms with van der Waals surface area (Å²) in [4.78, 5) is 62.0. The lowest BCUT2D eigenvalue weighted by molar-refractivity contribution is -0.172. The van der Waals surface area contributed by atoms with E-state index >= 15 is 0 Å². The smallest absolute Gasteiger partial charge is 0.415 e. The van der Waals surface area contributed by atoms with Crippen molar-refractivity contribution in [2.75, 3.05) is 31.1 Å².